The van der Waals surface area contributed by atoms with Crippen LogP contribution in [0.5, 0.6) is 0 Å². The molecule has 0 bridgehead atoms. The Morgan fingerprint density at radius 1 is 1.18 bits per heavy atom. The summed E-state index contributed by atoms with van der Waals surface area (Å²) in [5, 5.41) is 5.95. The summed E-state index contributed by atoms with van der Waals surface area (Å²) >= 11 is 0. The number of para-hydroxylation sites is 1. The fourth-order valence-electron chi connectivity index (χ4n) is 3.90. The first-order valence-corrected chi connectivity index (χ1v) is 9.58. The maximum absolute atomic E-state index is 12.5. The van der Waals surface area contributed by atoms with Crippen LogP contribution in [0.4, 0.5) is 5.69 Å². The zero-order chi connectivity index (χ0) is 19.5. The van der Waals surface area contributed by atoms with E-state index in [0.717, 1.165) is 16.8 Å². The first-order chi connectivity index (χ1) is 13.6. The molecule has 1 unspecified atom stereocenters. The van der Waals surface area contributed by atoms with Crippen LogP contribution >= 0.6 is 0 Å². The molecule has 0 saturated carbocycles. The molecule has 0 aliphatic carbocycles. The molecule has 7 heteroatoms. The molecule has 0 radical (unpaired) electrons. The van der Waals surface area contributed by atoms with Crippen molar-refractivity contribution in [2.24, 2.45) is 5.92 Å². The number of hydrogen-bond acceptors (Lipinski definition) is 4. The van der Waals surface area contributed by atoms with Gasteiger partial charge in [-0.2, -0.15) is 0 Å². The Morgan fingerprint density at radius 3 is 2.86 bits per heavy atom. The highest BCUT2D eigenvalue weighted by molar-refractivity contribution is 5.96. The van der Waals surface area contributed by atoms with E-state index in [9.17, 15) is 14.4 Å². The lowest BCUT2D eigenvalue weighted by molar-refractivity contribution is -0.123. The highest BCUT2D eigenvalue weighted by Crippen LogP contribution is 2.29. The van der Waals surface area contributed by atoms with E-state index in [1.54, 1.807) is 12.3 Å². The number of anilines is 1. The number of carbonyl (C=O) groups is 2. The molecule has 3 heterocycles. The predicted octanol–water partition coefficient (Wildman–Crippen LogP) is 1.91. The first kappa shape index (κ1) is 18.4. The Hall–Kier alpha value is -2.93. The summed E-state index contributed by atoms with van der Waals surface area (Å²) in [4.78, 5) is 38.6. The summed E-state index contributed by atoms with van der Waals surface area (Å²) in [5.41, 5.74) is 2.63. The number of ether oxygens (including phenoxy) is 1. The molecule has 2 aliphatic rings. The van der Waals surface area contributed by atoms with Gasteiger partial charge in [0.25, 0.3) is 0 Å². The van der Waals surface area contributed by atoms with E-state index in [-0.39, 0.29) is 41.9 Å². The van der Waals surface area contributed by atoms with Crippen molar-refractivity contribution < 1.29 is 14.3 Å². The lowest BCUT2D eigenvalue weighted by Gasteiger charge is -2.25. The minimum Gasteiger partial charge on any atom is -0.371 e. The minimum atomic E-state index is -0.273. The second-order valence-corrected chi connectivity index (χ2v) is 7.33. The van der Waals surface area contributed by atoms with Crippen molar-refractivity contribution in [2.45, 2.75) is 37.8 Å². The van der Waals surface area contributed by atoms with E-state index in [0.29, 0.717) is 25.9 Å². The number of nitrogens with one attached hydrogen (secondary N) is 3. The van der Waals surface area contributed by atoms with Crippen molar-refractivity contribution in [1.29, 1.82) is 0 Å². The molecule has 7 nitrogen and oxygen atoms in total. The van der Waals surface area contributed by atoms with Crippen LogP contribution in [0, 0.1) is 5.92 Å². The molecule has 1 saturated heterocycles. The summed E-state index contributed by atoms with van der Waals surface area (Å²) in [6.07, 6.45) is 3.51. The van der Waals surface area contributed by atoms with Crippen LogP contribution in [-0.2, 0) is 20.7 Å². The van der Waals surface area contributed by atoms with E-state index in [1.165, 1.54) is 6.07 Å². The van der Waals surface area contributed by atoms with Gasteiger partial charge in [-0.15, -0.1) is 0 Å². The molecule has 3 N–H and O–H groups in total. The third-order valence-corrected chi connectivity index (χ3v) is 5.41. The molecule has 0 spiro atoms. The van der Waals surface area contributed by atoms with E-state index >= 15 is 0 Å². The van der Waals surface area contributed by atoms with Gasteiger partial charge in [0, 0.05) is 36.9 Å². The zero-order valence-corrected chi connectivity index (χ0v) is 15.4. The second kappa shape index (κ2) is 7.98. The summed E-state index contributed by atoms with van der Waals surface area (Å²) in [5.74, 6) is -0.311. The maximum Gasteiger partial charge on any atom is 0.247 e. The number of amides is 2. The number of benzene rings is 1. The zero-order valence-electron chi connectivity index (χ0n) is 15.4. The van der Waals surface area contributed by atoms with Gasteiger partial charge in [0.05, 0.1) is 6.04 Å². The van der Waals surface area contributed by atoms with E-state index in [1.807, 2.05) is 24.3 Å². The largest absolute Gasteiger partial charge is 0.371 e. The van der Waals surface area contributed by atoms with Gasteiger partial charge in [0.15, 0.2) is 0 Å². The first-order valence-electron chi connectivity index (χ1n) is 9.58. The van der Waals surface area contributed by atoms with Crippen molar-refractivity contribution in [3.8, 4) is 0 Å². The minimum absolute atomic E-state index is 0.0261. The smallest absolute Gasteiger partial charge is 0.247 e. The summed E-state index contributed by atoms with van der Waals surface area (Å²) < 4.78 is 5.74. The van der Waals surface area contributed by atoms with E-state index in [4.69, 9.17) is 4.74 Å². The van der Waals surface area contributed by atoms with Crippen molar-refractivity contribution in [2.75, 3.05) is 11.9 Å². The van der Waals surface area contributed by atoms with Gasteiger partial charge in [-0.1, -0.05) is 18.2 Å². The standard InChI is InChI=1S/C21H23N3O4/c25-18-7-6-15(12-22-18)20-17(9-10-28-20)23-19(26)8-5-14-11-13-3-1-2-4-16(13)24-21(14)27/h1-4,6-7,12,14,17,20H,5,8-11H2,(H,22,25)(H,23,26)(H,24,27)/t14?,17-,20+/m1/s1. The summed E-state index contributed by atoms with van der Waals surface area (Å²) in [7, 11) is 0. The SMILES string of the molecule is O=C(CCC1Cc2ccccc2NC1=O)N[C@@H]1CCO[C@H]1c1ccc(=O)[nH]c1. The molecule has 4 rings (SSSR count). The van der Waals surface area contributed by atoms with Crippen LogP contribution in [0.3, 0.4) is 0 Å². The van der Waals surface area contributed by atoms with Crippen molar-refractivity contribution in [3.05, 3.63) is 64.1 Å². The van der Waals surface area contributed by atoms with Gasteiger partial charge in [-0.3, -0.25) is 14.4 Å². The fourth-order valence-corrected chi connectivity index (χ4v) is 3.90. The molecular weight excluding hydrogens is 358 g/mol. The second-order valence-electron chi connectivity index (χ2n) is 7.33. The molecule has 146 valence electrons. The number of aromatic nitrogens is 1. The lowest BCUT2D eigenvalue weighted by Crippen LogP contribution is -2.38. The number of hydrogen-bond donors (Lipinski definition) is 3. The van der Waals surface area contributed by atoms with Gasteiger partial charge in [-0.25, -0.2) is 0 Å². The number of H-pyrrole nitrogens is 1. The predicted molar refractivity (Wildman–Crippen MR) is 104 cm³/mol. The van der Waals surface area contributed by atoms with Crippen LogP contribution in [0.25, 0.3) is 0 Å². The maximum atomic E-state index is 12.5. The number of aromatic amines is 1. The number of pyridine rings is 1. The van der Waals surface area contributed by atoms with Gasteiger partial charge in [0.1, 0.15) is 6.10 Å². The normalized spacial score (nSPS) is 23.7. The molecule has 1 aromatic carbocycles. The van der Waals surface area contributed by atoms with Crippen LogP contribution in [0.15, 0.2) is 47.4 Å². The van der Waals surface area contributed by atoms with Crippen LogP contribution < -0.4 is 16.2 Å². The Kier molecular flexibility index (Phi) is 5.25. The van der Waals surface area contributed by atoms with Crippen LogP contribution in [0.1, 0.15) is 36.5 Å². The van der Waals surface area contributed by atoms with Gasteiger partial charge in [0.2, 0.25) is 17.4 Å². The van der Waals surface area contributed by atoms with E-state index < -0.39 is 0 Å². The molecule has 2 aromatic rings. The van der Waals surface area contributed by atoms with Gasteiger partial charge >= 0.3 is 0 Å². The van der Waals surface area contributed by atoms with Crippen molar-refractivity contribution in [3.63, 3.8) is 0 Å². The molecule has 3 atom stereocenters. The highest BCUT2D eigenvalue weighted by atomic mass is 16.5. The highest BCUT2D eigenvalue weighted by Gasteiger charge is 2.32. The van der Waals surface area contributed by atoms with Crippen molar-refractivity contribution >= 4 is 17.5 Å². The van der Waals surface area contributed by atoms with E-state index in [2.05, 4.69) is 15.6 Å². The van der Waals surface area contributed by atoms with Crippen LogP contribution in [0.2, 0.25) is 0 Å². The molecule has 1 fully saturated rings. The fraction of sp³-hybridized carbons (Fsp3) is 0.381. The van der Waals surface area contributed by atoms with Crippen LogP contribution in [-0.4, -0.2) is 29.4 Å². The number of fused-ring (bicyclic) bond motifs is 1. The third kappa shape index (κ3) is 3.99. The monoisotopic (exact) mass is 381 g/mol. The van der Waals surface area contributed by atoms with Gasteiger partial charge in [-0.05, 0) is 42.5 Å². The molecular formula is C21H23N3O4. The topological polar surface area (TPSA) is 100 Å². The number of rotatable bonds is 5. The molecule has 28 heavy (non-hydrogen) atoms. The quantitative estimate of drug-likeness (QED) is 0.737. The van der Waals surface area contributed by atoms with Gasteiger partial charge < -0.3 is 20.4 Å². The Labute approximate surface area is 162 Å². The average molecular weight is 381 g/mol. The summed E-state index contributed by atoms with van der Waals surface area (Å²) in [6.45, 7) is 0.552. The Bertz CT molecular complexity index is 919. The summed E-state index contributed by atoms with van der Waals surface area (Å²) in [6, 6.07) is 10.8. The molecule has 2 amide bonds. The lowest BCUT2D eigenvalue weighted by atomic mass is 9.89. The molecule has 1 aromatic heterocycles. The molecule has 2 aliphatic heterocycles. The Morgan fingerprint density at radius 2 is 2.04 bits per heavy atom. The Balaban J connectivity index is 1.32. The third-order valence-electron chi connectivity index (χ3n) is 5.41. The number of carbonyl (C=O) groups excluding carboxylic acids is 2. The van der Waals surface area contributed by atoms with Crippen molar-refractivity contribution in [1.82, 2.24) is 10.3 Å². The average Bonchev–Trinajstić information content (AvgIpc) is 3.15.